The molecule has 7 heteroatoms. The van der Waals surface area contributed by atoms with Gasteiger partial charge in [-0.05, 0) is 18.1 Å². The molecule has 7 nitrogen and oxygen atoms in total. The Kier molecular flexibility index (Phi) is 8.80. The summed E-state index contributed by atoms with van der Waals surface area (Å²) < 4.78 is 4.79. The summed E-state index contributed by atoms with van der Waals surface area (Å²) in [5.74, 6) is -0.480. The molecule has 0 spiro atoms. The monoisotopic (exact) mass is 350 g/mol. The lowest BCUT2D eigenvalue weighted by Gasteiger charge is -2.15. The third-order valence-corrected chi connectivity index (χ3v) is 2.97. The van der Waals surface area contributed by atoms with Crippen molar-refractivity contribution in [1.29, 1.82) is 0 Å². The average molecular weight is 350 g/mol. The average Bonchev–Trinajstić information content (AvgIpc) is 3.42. The predicted octanol–water partition coefficient (Wildman–Crippen LogP) is 0.524. The summed E-state index contributed by atoms with van der Waals surface area (Å²) in [7, 11) is 0. The van der Waals surface area contributed by atoms with Crippen LogP contribution in [-0.2, 0) is 14.3 Å². The summed E-state index contributed by atoms with van der Waals surface area (Å²) in [6.07, 6.45) is -0.434. The van der Waals surface area contributed by atoms with E-state index >= 15 is 0 Å². The van der Waals surface area contributed by atoms with E-state index in [1.807, 2.05) is 0 Å². The molecular formula is C18H26N2O5. The van der Waals surface area contributed by atoms with Crippen molar-refractivity contribution in [2.45, 2.75) is 32.9 Å². The normalized spacial score (nSPS) is 16.3. The summed E-state index contributed by atoms with van der Waals surface area (Å²) >= 11 is 0. The van der Waals surface area contributed by atoms with Gasteiger partial charge in [0.1, 0.15) is 12.1 Å². The van der Waals surface area contributed by atoms with Crippen molar-refractivity contribution < 1.29 is 24.2 Å². The predicted molar refractivity (Wildman–Crippen MR) is 93.1 cm³/mol. The van der Waals surface area contributed by atoms with Gasteiger partial charge in [-0.2, -0.15) is 0 Å². The number of benzene rings is 1. The third-order valence-electron chi connectivity index (χ3n) is 2.97. The van der Waals surface area contributed by atoms with Crippen molar-refractivity contribution in [3.05, 3.63) is 35.9 Å². The number of aliphatic hydroxyl groups excluding tert-OH is 1. The van der Waals surface area contributed by atoms with Crippen LogP contribution in [0.3, 0.4) is 0 Å². The number of carbonyl (C=O) groups excluding carboxylic acids is 3. The molecule has 1 aliphatic rings. The number of carbonyl (C=O) groups is 3. The molecule has 0 aliphatic carbocycles. The first-order valence-corrected chi connectivity index (χ1v) is 8.24. The molecule has 0 saturated carbocycles. The Morgan fingerprint density at radius 3 is 2.24 bits per heavy atom. The van der Waals surface area contributed by atoms with E-state index in [-0.39, 0.29) is 12.3 Å². The van der Waals surface area contributed by atoms with Crippen LogP contribution in [0.25, 0.3) is 0 Å². The molecule has 1 heterocycles. The molecule has 2 amide bonds. The van der Waals surface area contributed by atoms with E-state index in [1.54, 1.807) is 30.3 Å². The van der Waals surface area contributed by atoms with E-state index in [1.165, 1.54) is 0 Å². The SMILES string of the molecule is CC(C)C.O=C(NC(CO)C(=O)NCC(=O)C1CO1)c1ccccc1. The van der Waals surface area contributed by atoms with Gasteiger partial charge in [-0.3, -0.25) is 14.4 Å². The lowest BCUT2D eigenvalue weighted by atomic mass is 10.2. The highest BCUT2D eigenvalue weighted by Gasteiger charge is 2.31. The molecule has 2 rings (SSSR count). The van der Waals surface area contributed by atoms with Crippen molar-refractivity contribution >= 4 is 17.6 Å². The summed E-state index contributed by atoms with van der Waals surface area (Å²) in [5.41, 5.74) is 0.381. The molecule has 1 saturated heterocycles. The Balaban J connectivity index is 0.000000705. The molecule has 25 heavy (non-hydrogen) atoms. The number of nitrogens with one attached hydrogen (secondary N) is 2. The second kappa shape index (κ2) is 10.6. The van der Waals surface area contributed by atoms with Gasteiger partial charge in [0.15, 0.2) is 5.78 Å². The van der Waals surface area contributed by atoms with Crippen LogP contribution in [0.5, 0.6) is 0 Å². The third kappa shape index (κ3) is 8.42. The fourth-order valence-electron chi connectivity index (χ4n) is 1.67. The largest absolute Gasteiger partial charge is 0.394 e. The van der Waals surface area contributed by atoms with Crippen LogP contribution >= 0.6 is 0 Å². The van der Waals surface area contributed by atoms with Crippen LogP contribution in [0.2, 0.25) is 0 Å². The van der Waals surface area contributed by atoms with E-state index in [2.05, 4.69) is 31.4 Å². The van der Waals surface area contributed by atoms with Crippen LogP contribution in [-0.4, -0.2) is 54.6 Å². The minimum atomic E-state index is -1.11. The number of rotatable bonds is 7. The zero-order valence-electron chi connectivity index (χ0n) is 14.8. The number of ether oxygens (including phenoxy) is 1. The minimum absolute atomic E-state index is 0.179. The van der Waals surface area contributed by atoms with E-state index in [9.17, 15) is 19.5 Å². The van der Waals surface area contributed by atoms with E-state index < -0.39 is 30.6 Å². The van der Waals surface area contributed by atoms with Crippen LogP contribution in [0, 0.1) is 5.92 Å². The molecule has 0 bridgehead atoms. The molecule has 0 radical (unpaired) electrons. The summed E-state index contributed by atoms with van der Waals surface area (Å²) in [6.45, 7) is 6.14. The number of aliphatic hydroxyl groups is 1. The second-order valence-corrected chi connectivity index (χ2v) is 6.31. The smallest absolute Gasteiger partial charge is 0.251 e. The lowest BCUT2D eigenvalue weighted by molar-refractivity contribution is -0.127. The van der Waals surface area contributed by atoms with Gasteiger partial charge in [-0.25, -0.2) is 0 Å². The van der Waals surface area contributed by atoms with Crippen molar-refractivity contribution in [2.24, 2.45) is 5.92 Å². The van der Waals surface area contributed by atoms with Crippen LogP contribution in [0.15, 0.2) is 30.3 Å². The van der Waals surface area contributed by atoms with Gasteiger partial charge in [0.05, 0.1) is 19.8 Å². The Hall–Kier alpha value is -2.25. The maximum atomic E-state index is 11.9. The van der Waals surface area contributed by atoms with E-state index in [0.717, 1.165) is 5.92 Å². The summed E-state index contributed by atoms with van der Waals surface area (Å²) in [6, 6.07) is 7.23. The Labute approximate surface area is 147 Å². The fraction of sp³-hybridized carbons (Fsp3) is 0.500. The molecule has 3 N–H and O–H groups in total. The topological polar surface area (TPSA) is 108 Å². The highest BCUT2D eigenvalue weighted by Crippen LogP contribution is 2.08. The first kappa shape index (κ1) is 20.8. The van der Waals surface area contributed by atoms with Gasteiger partial charge < -0.3 is 20.5 Å². The molecule has 1 aliphatic heterocycles. The van der Waals surface area contributed by atoms with Crippen molar-refractivity contribution in [2.75, 3.05) is 19.8 Å². The molecule has 2 unspecified atom stereocenters. The first-order chi connectivity index (χ1) is 11.8. The number of hydrogen-bond donors (Lipinski definition) is 3. The second-order valence-electron chi connectivity index (χ2n) is 6.31. The van der Waals surface area contributed by atoms with Crippen LogP contribution in [0.4, 0.5) is 0 Å². The number of amides is 2. The molecule has 1 aromatic carbocycles. The van der Waals surface area contributed by atoms with Gasteiger partial charge >= 0.3 is 0 Å². The van der Waals surface area contributed by atoms with Crippen molar-refractivity contribution in [3.8, 4) is 0 Å². The van der Waals surface area contributed by atoms with Crippen molar-refractivity contribution in [3.63, 3.8) is 0 Å². The Bertz CT molecular complexity index is 567. The number of epoxide rings is 1. The maximum absolute atomic E-state index is 11.9. The first-order valence-electron chi connectivity index (χ1n) is 8.24. The van der Waals surface area contributed by atoms with Gasteiger partial charge in [-0.1, -0.05) is 39.0 Å². The molecular weight excluding hydrogens is 324 g/mol. The number of ketones is 1. The van der Waals surface area contributed by atoms with E-state index in [0.29, 0.717) is 12.2 Å². The van der Waals surface area contributed by atoms with Crippen LogP contribution < -0.4 is 10.6 Å². The summed E-state index contributed by atoms with van der Waals surface area (Å²) in [5, 5.41) is 14.0. The number of Topliss-reactive ketones (excluding diaryl/α,β-unsaturated/α-hetero) is 1. The summed E-state index contributed by atoms with van der Waals surface area (Å²) in [4.78, 5) is 35.1. The molecule has 0 aromatic heterocycles. The molecule has 2 atom stereocenters. The zero-order valence-corrected chi connectivity index (χ0v) is 14.8. The quantitative estimate of drug-likeness (QED) is 0.622. The van der Waals surface area contributed by atoms with Gasteiger partial charge in [0.2, 0.25) is 5.91 Å². The van der Waals surface area contributed by atoms with Crippen molar-refractivity contribution in [1.82, 2.24) is 10.6 Å². The molecule has 1 aromatic rings. The standard InChI is InChI=1S/C14H16N2O5.C4H10/c17-7-10(14(20)15-6-11(18)12-8-21-12)16-13(19)9-4-2-1-3-5-9;1-4(2)3/h1-5,10,12,17H,6-8H2,(H,15,20)(H,16,19);4H,1-3H3. The Morgan fingerprint density at radius 2 is 1.76 bits per heavy atom. The van der Waals surface area contributed by atoms with E-state index in [4.69, 9.17) is 4.74 Å². The maximum Gasteiger partial charge on any atom is 0.251 e. The number of hydrogen-bond acceptors (Lipinski definition) is 5. The zero-order chi connectivity index (χ0) is 18.8. The van der Waals surface area contributed by atoms with Crippen LogP contribution in [0.1, 0.15) is 31.1 Å². The highest BCUT2D eigenvalue weighted by molar-refractivity contribution is 5.98. The van der Waals surface area contributed by atoms with Gasteiger partial charge in [0.25, 0.3) is 5.91 Å². The molecule has 1 fully saturated rings. The lowest BCUT2D eigenvalue weighted by Crippen LogP contribution is -2.50. The fourth-order valence-corrected chi connectivity index (χ4v) is 1.67. The van der Waals surface area contributed by atoms with Gasteiger partial charge in [0, 0.05) is 5.56 Å². The van der Waals surface area contributed by atoms with Gasteiger partial charge in [-0.15, -0.1) is 0 Å². The molecule has 138 valence electrons. The minimum Gasteiger partial charge on any atom is -0.394 e. The Morgan fingerprint density at radius 1 is 1.20 bits per heavy atom. The highest BCUT2D eigenvalue weighted by atomic mass is 16.6.